The highest BCUT2D eigenvalue weighted by atomic mass is 19.4. The van der Waals surface area contributed by atoms with Crippen LogP contribution in [0, 0.1) is 5.41 Å². The van der Waals surface area contributed by atoms with Crippen LogP contribution >= 0.6 is 0 Å². The highest BCUT2D eigenvalue weighted by Gasteiger charge is 2.51. The third kappa shape index (κ3) is 3.55. The van der Waals surface area contributed by atoms with Crippen molar-refractivity contribution < 1.29 is 22.7 Å². The number of carbonyl (C=O) groups is 1. The van der Waals surface area contributed by atoms with E-state index in [2.05, 4.69) is 10.1 Å². The van der Waals surface area contributed by atoms with Crippen molar-refractivity contribution in [1.29, 1.82) is 0 Å². The van der Waals surface area contributed by atoms with Crippen molar-refractivity contribution in [2.45, 2.75) is 77.4 Å². The Morgan fingerprint density at radius 3 is 2.69 bits per heavy atom. The third-order valence-corrected chi connectivity index (χ3v) is 7.11. The van der Waals surface area contributed by atoms with Gasteiger partial charge in [0, 0.05) is 30.1 Å². The molecule has 1 unspecified atom stereocenters. The molecular formula is C23H29F3N4O2. The van der Waals surface area contributed by atoms with Gasteiger partial charge in [-0.15, -0.1) is 0 Å². The second kappa shape index (κ2) is 7.49. The van der Waals surface area contributed by atoms with Gasteiger partial charge in [-0.2, -0.15) is 18.3 Å². The molecule has 2 atom stereocenters. The summed E-state index contributed by atoms with van der Waals surface area (Å²) in [5.41, 5.74) is 5.35. The van der Waals surface area contributed by atoms with Gasteiger partial charge in [-0.05, 0) is 44.2 Å². The number of nitrogens with zero attached hydrogens (tertiary/aromatic N) is 3. The molecule has 1 aliphatic carbocycles. The summed E-state index contributed by atoms with van der Waals surface area (Å²) < 4.78 is 49.8. The van der Waals surface area contributed by atoms with Gasteiger partial charge in [-0.1, -0.05) is 19.9 Å². The molecule has 174 valence electrons. The number of halogens is 3. The van der Waals surface area contributed by atoms with Crippen molar-refractivity contribution in [2.24, 2.45) is 11.1 Å². The summed E-state index contributed by atoms with van der Waals surface area (Å²) in [6.07, 6.45) is -0.734. The maximum absolute atomic E-state index is 14.1. The summed E-state index contributed by atoms with van der Waals surface area (Å²) in [4.78, 5) is 16.6. The Morgan fingerprint density at radius 2 is 2.03 bits per heavy atom. The minimum atomic E-state index is -4.48. The summed E-state index contributed by atoms with van der Waals surface area (Å²) in [7, 11) is 0. The summed E-state index contributed by atoms with van der Waals surface area (Å²) in [5.74, 6) is -0.233. The van der Waals surface area contributed by atoms with E-state index >= 15 is 0 Å². The van der Waals surface area contributed by atoms with Crippen molar-refractivity contribution >= 4 is 5.91 Å². The van der Waals surface area contributed by atoms with Crippen LogP contribution in [0.15, 0.2) is 12.3 Å². The third-order valence-electron chi connectivity index (χ3n) is 7.11. The lowest BCUT2D eigenvalue weighted by Crippen LogP contribution is -2.41. The van der Waals surface area contributed by atoms with Gasteiger partial charge in [0.15, 0.2) is 0 Å². The van der Waals surface area contributed by atoms with E-state index in [-0.39, 0.29) is 5.69 Å². The predicted molar refractivity (Wildman–Crippen MR) is 113 cm³/mol. The first kappa shape index (κ1) is 22.6. The molecule has 0 saturated heterocycles. The summed E-state index contributed by atoms with van der Waals surface area (Å²) >= 11 is 0. The number of hydrogen-bond acceptors (Lipinski definition) is 4. The number of amides is 1. The molecule has 0 spiro atoms. The number of primary amides is 1. The monoisotopic (exact) mass is 450 g/mol. The topological polar surface area (TPSA) is 83.0 Å². The zero-order chi connectivity index (χ0) is 23.5. The van der Waals surface area contributed by atoms with Gasteiger partial charge in [0.2, 0.25) is 11.8 Å². The van der Waals surface area contributed by atoms with Crippen LogP contribution in [0.5, 0.6) is 5.88 Å². The average Bonchev–Trinajstić information content (AvgIpc) is 3.15. The molecule has 0 bridgehead atoms. The Morgan fingerprint density at radius 1 is 1.31 bits per heavy atom. The standard InChI is InChI=1S/C23H29F3N4O2/c1-13(16-12-28-30-8-5-9-32-19(16)30)15-10-14-11-22(4,20(27)31)7-6-17(14)29-18(15)21(2,3)23(24,25)26/h10,12-13H,5-9,11H2,1-4H3,(H2,27,31)/t13-,22?/m1/s1. The van der Waals surface area contributed by atoms with Crippen LogP contribution in [0.25, 0.3) is 0 Å². The van der Waals surface area contributed by atoms with Crippen LogP contribution in [0.2, 0.25) is 0 Å². The van der Waals surface area contributed by atoms with Gasteiger partial charge >= 0.3 is 6.18 Å². The van der Waals surface area contributed by atoms with Crippen LogP contribution < -0.4 is 10.5 Å². The zero-order valence-corrected chi connectivity index (χ0v) is 18.8. The smallest absolute Gasteiger partial charge is 0.399 e. The van der Waals surface area contributed by atoms with Crippen LogP contribution in [0.3, 0.4) is 0 Å². The van der Waals surface area contributed by atoms with E-state index in [9.17, 15) is 18.0 Å². The number of carbonyl (C=O) groups excluding carboxylic acids is 1. The average molecular weight is 451 g/mol. The highest BCUT2D eigenvalue weighted by Crippen LogP contribution is 2.46. The van der Waals surface area contributed by atoms with Crippen LogP contribution in [0.4, 0.5) is 13.2 Å². The second-order valence-electron chi connectivity index (χ2n) is 9.81. The summed E-state index contributed by atoms with van der Waals surface area (Å²) in [6, 6.07) is 1.79. The Kier molecular flexibility index (Phi) is 5.29. The molecule has 0 aromatic carbocycles. The molecule has 0 saturated carbocycles. The van der Waals surface area contributed by atoms with E-state index < -0.39 is 28.8 Å². The molecule has 2 aliphatic rings. The first-order valence-electron chi connectivity index (χ1n) is 10.9. The zero-order valence-electron chi connectivity index (χ0n) is 18.8. The second-order valence-corrected chi connectivity index (χ2v) is 9.81. The van der Waals surface area contributed by atoms with Crippen LogP contribution in [-0.4, -0.2) is 33.5 Å². The van der Waals surface area contributed by atoms with Crippen molar-refractivity contribution in [1.82, 2.24) is 14.8 Å². The minimum Gasteiger partial charge on any atom is -0.478 e. The number of nitrogens with two attached hydrogens (primary N) is 1. The van der Waals surface area contributed by atoms with E-state index in [4.69, 9.17) is 10.5 Å². The van der Waals surface area contributed by atoms with E-state index in [1.165, 1.54) is 0 Å². The molecule has 1 amide bonds. The number of aromatic nitrogens is 3. The molecule has 32 heavy (non-hydrogen) atoms. The Labute approximate surface area is 185 Å². The number of pyridine rings is 1. The van der Waals surface area contributed by atoms with Gasteiger partial charge in [0.1, 0.15) is 5.41 Å². The number of alkyl halides is 3. The van der Waals surface area contributed by atoms with Gasteiger partial charge in [0.05, 0.1) is 23.9 Å². The first-order valence-corrected chi connectivity index (χ1v) is 10.9. The van der Waals surface area contributed by atoms with Gasteiger partial charge < -0.3 is 10.5 Å². The lowest BCUT2D eigenvalue weighted by molar-refractivity contribution is -0.181. The molecule has 2 aromatic rings. The molecule has 9 heteroatoms. The fraction of sp³-hybridized carbons (Fsp3) is 0.609. The van der Waals surface area contributed by atoms with Gasteiger partial charge in [0.25, 0.3) is 0 Å². The van der Waals surface area contributed by atoms with Gasteiger partial charge in [-0.3, -0.25) is 9.78 Å². The molecule has 6 nitrogen and oxygen atoms in total. The highest BCUT2D eigenvalue weighted by molar-refractivity contribution is 5.81. The minimum absolute atomic E-state index is 0.00897. The largest absolute Gasteiger partial charge is 0.478 e. The van der Waals surface area contributed by atoms with Crippen LogP contribution in [0.1, 0.15) is 74.5 Å². The van der Waals surface area contributed by atoms with Crippen molar-refractivity contribution in [2.75, 3.05) is 6.61 Å². The molecular weight excluding hydrogens is 421 g/mol. The van der Waals surface area contributed by atoms with E-state index in [0.29, 0.717) is 49.6 Å². The normalized spacial score (nSPS) is 22.0. The summed E-state index contributed by atoms with van der Waals surface area (Å²) in [5, 5.41) is 4.37. The molecule has 0 fully saturated rings. The molecule has 2 aromatic heterocycles. The molecule has 3 heterocycles. The fourth-order valence-electron chi connectivity index (χ4n) is 4.61. The van der Waals surface area contributed by atoms with Crippen molar-refractivity contribution in [3.8, 4) is 5.88 Å². The molecule has 1 aliphatic heterocycles. The number of ether oxygens (including phenoxy) is 1. The SMILES string of the molecule is C[C@H](c1cc2c(nc1C(C)(C)C(F)(F)F)CCC(C)(C(N)=O)C2)c1cnn2c1OCCC2. The fourth-order valence-corrected chi connectivity index (χ4v) is 4.61. The first-order chi connectivity index (χ1) is 14.8. The number of rotatable bonds is 4. The van der Waals surface area contributed by atoms with Gasteiger partial charge in [-0.25, -0.2) is 4.68 Å². The van der Waals surface area contributed by atoms with E-state index in [1.54, 1.807) is 23.9 Å². The lowest BCUT2D eigenvalue weighted by atomic mass is 9.72. The lowest BCUT2D eigenvalue weighted by Gasteiger charge is -2.35. The number of aryl methyl sites for hydroxylation is 2. The van der Waals surface area contributed by atoms with E-state index in [1.807, 2.05) is 6.92 Å². The molecule has 2 N–H and O–H groups in total. The molecule has 4 rings (SSSR count). The Hall–Kier alpha value is -2.58. The Balaban J connectivity index is 1.88. The number of fused-ring (bicyclic) bond motifs is 2. The van der Waals surface area contributed by atoms with Crippen molar-refractivity contribution in [3.05, 3.63) is 40.3 Å². The number of hydrogen-bond donors (Lipinski definition) is 1. The summed E-state index contributed by atoms with van der Waals surface area (Å²) in [6.45, 7) is 7.24. The van der Waals surface area contributed by atoms with Crippen molar-refractivity contribution in [3.63, 3.8) is 0 Å². The van der Waals surface area contributed by atoms with E-state index in [0.717, 1.165) is 31.4 Å². The molecule has 0 radical (unpaired) electrons. The predicted octanol–water partition coefficient (Wildman–Crippen LogP) is 4.03. The quantitative estimate of drug-likeness (QED) is 0.762. The maximum Gasteiger partial charge on any atom is 0.399 e. The van der Waals surface area contributed by atoms with Crippen LogP contribution in [-0.2, 0) is 29.6 Å². The maximum atomic E-state index is 14.1. The Bertz CT molecular complexity index is 1060.